The highest BCUT2D eigenvalue weighted by molar-refractivity contribution is 7.10. The molecule has 0 aliphatic carbocycles. The summed E-state index contributed by atoms with van der Waals surface area (Å²) in [7, 11) is 0. The van der Waals surface area contributed by atoms with E-state index in [1.54, 1.807) is 23.5 Å². The van der Waals surface area contributed by atoms with Crippen LogP contribution >= 0.6 is 11.3 Å². The molecule has 5 nitrogen and oxygen atoms in total. The molecular weight excluding hydrogens is 350 g/mol. The molecule has 0 bridgehead atoms. The maximum absolute atomic E-state index is 12.1. The van der Waals surface area contributed by atoms with Crippen LogP contribution in [0.4, 0.5) is 0 Å². The lowest BCUT2D eigenvalue weighted by molar-refractivity contribution is -0.123. The molecule has 26 heavy (non-hydrogen) atoms. The molecule has 1 aromatic carbocycles. The maximum Gasteiger partial charge on any atom is 0.336 e. The summed E-state index contributed by atoms with van der Waals surface area (Å²) >= 11 is 1.60. The van der Waals surface area contributed by atoms with E-state index < -0.39 is 0 Å². The minimum Gasteiger partial charge on any atom is -0.484 e. The summed E-state index contributed by atoms with van der Waals surface area (Å²) in [5.74, 6) is 0.292. The lowest BCUT2D eigenvalue weighted by Crippen LogP contribution is -2.30. The first-order chi connectivity index (χ1) is 12.6. The molecule has 1 atom stereocenters. The quantitative estimate of drug-likeness (QED) is 0.636. The van der Waals surface area contributed by atoms with Gasteiger partial charge in [0.1, 0.15) is 11.3 Å². The second-order valence-corrected chi connectivity index (χ2v) is 7.07. The number of nitrogens with one attached hydrogen (secondary N) is 1. The molecule has 2 heterocycles. The Morgan fingerprint density at radius 2 is 2.15 bits per heavy atom. The van der Waals surface area contributed by atoms with Crippen LogP contribution in [-0.4, -0.2) is 12.5 Å². The third-order valence-electron chi connectivity index (χ3n) is 4.04. The fourth-order valence-corrected chi connectivity index (χ4v) is 3.55. The van der Waals surface area contributed by atoms with Crippen molar-refractivity contribution in [1.29, 1.82) is 0 Å². The molecule has 0 radical (unpaired) electrons. The van der Waals surface area contributed by atoms with Gasteiger partial charge < -0.3 is 14.5 Å². The highest BCUT2D eigenvalue weighted by atomic mass is 32.1. The predicted octanol–water partition coefficient (Wildman–Crippen LogP) is 4.06. The molecule has 2 aromatic heterocycles. The first-order valence-corrected chi connectivity index (χ1v) is 9.47. The normalized spacial score (nSPS) is 12.1. The average molecular weight is 371 g/mol. The van der Waals surface area contributed by atoms with Crippen molar-refractivity contribution in [3.63, 3.8) is 0 Å². The molecule has 0 saturated heterocycles. The fraction of sp³-hybridized carbons (Fsp3) is 0.300. The van der Waals surface area contributed by atoms with Crippen LogP contribution < -0.4 is 15.7 Å². The van der Waals surface area contributed by atoms with E-state index >= 15 is 0 Å². The van der Waals surface area contributed by atoms with E-state index in [1.807, 2.05) is 30.5 Å². The zero-order chi connectivity index (χ0) is 18.5. The second-order valence-electron chi connectivity index (χ2n) is 6.09. The Bertz CT molecular complexity index is 946. The predicted molar refractivity (Wildman–Crippen MR) is 103 cm³/mol. The summed E-state index contributed by atoms with van der Waals surface area (Å²) < 4.78 is 10.8. The SMILES string of the molecule is CCCc1cc(=O)oc2cc(OCC(=O)NC(C)c3cccs3)ccc12. The molecule has 0 saturated carbocycles. The summed E-state index contributed by atoms with van der Waals surface area (Å²) in [6.45, 7) is 3.90. The third-order valence-corrected chi connectivity index (χ3v) is 5.09. The Morgan fingerprint density at radius 3 is 2.88 bits per heavy atom. The van der Waals surface area contributed by atoms with Crippen molar-refractivity contribution in [1.82, 2.24) is 5.32 Å². The lowest BCUT2D eigenvalue weighted by atomic mass is 10.1. The van der Waals surface area contributed by atoms with E-state index in [0.717, 1.165) is 28.7 Å². The molecule has 0 aliphatic rings. The van der Waals surface area contributed by atoms with Gasteiger partial charge in [0.2, 0.25) is 0 Å². The highest BCUT2D eigenvalue weighted by Crippen LogP contribution is 2.23. The van der Waals surface area contributed by atoms with Crippen molar-refractivity contribution in [2.45, 2.75) is 32.7 Å². The monoisotopic (exact) mass is 371 g/mol. The van der Waals surface area contributed by atoms with Crippen LogP contribution in [0, 0.1) is 0 Å². The number of carbonyl (C=O) groups is 1. The van der Waals surface area contributed by atoms with E-state index in [-0.39, 0.29) is 24.2 Å². The number of hydrogen-bond acceptors (Lipinski definition) is 5. The number of benzene rings is 1. The number of ether oxygens (including phenoxy) is 1. The van der Waals surface area contributed by atoms with Gasteiger partial charge in [-0.15, -0.1) is 11.3 Å². The van der Waals surface area contributed by atoms with Crippen LogP contribution in [0.1, 0.15) is 36.8 Å². The van der Waals surface area contributed by atoms with Crippen molar-refractivity contribution in [2.75, 3.05) is 6.61 Å². The Labute approximate surface area is 155 Å². The van der Waals surface area contributed by atoms with Crippen LogP contribution in [0.15, 0.2) is 51.0 Å². The number of thiophene rings is 1. The largest absolute Gasteiger partial charge is 0.484 e. The minimum absolute atomic E-state index is 0.0580. The van der Waals surface area contributed by atoms with Gasteiger partial charge in [-0.3, -0.25) is 4.79 Å². The molecule has 1 N–H and O–H groups in total. The van der Waals surface area contributed by atoms with Crippen LogP contribution in [-0.2, 0) is 11.2 Å². The van der Waals surface area contributed by atoms with Gasteiger partial charge in [0.15, 0.2) is 6.61 Å². The standard InChI is InChI=1S/C20H21NO4S/c1-3-5-14-10-20(23)25-17-11-15(7-8-16(14)17)24-12-19(22)21-13(2)18-6-4-9-26-18/h4,6-11,13H,3,5,12H2,1-2H3,(H,21,22). The number of carbonyl (C=O) groups excluding carboxylic acids is 1. The average Bonchev–Trinajstić information content (AvgIpc) is 3.14. The van der Waals surface area contributed by atoms with Gasteiger partial charge in [-0.25, -0.2) is 4.79 Å². The molecular formula is C20H21NO4S. The van der Waals surface area contributed by atoms with Crippen LogP contribution in [0.3, 0.4) is 0 Å². The second kappa shape index (κ2) is 8.19. The zero-order valence-electron chi connectivity index (χ0n) is 14.8. The van der Waals surface area contributed by atoms with E-state index in [4.69, 9.17) is 9.15 Å². The van der Waals surface area contributed by atoms with Crippen LogP contribution in [0.25, 0.3) is 11.0 Å². The summed E-state index contributed by atoms with van der Waals surface area (Å²) in [5, 5.41) is 5.77. The van der Waals surface area contributed by atoms with E-state index in [1.165, 1.54) is 6.07 Å². The third kappa shape index (κ3) is 4.32. The molecule has 3 aromatic rings. The molecule has 136 valence electrons. The van der Waals surface area contributed by atoms with Crippen molar-refractivity contribution >= 4 is 28.2 Å². The number of fused-ring (bicyclic) bond motifs is 1. The fourth-order valence-electron chi connectivity index (χ4n) is 2.82. The van der Waals surface area contributed by atoms with Gasteiger partial charge in [0.05, 0.1) is 6.04 Å². The van der Waals surface area contributed by atoms with E-state index in [2.05, 4.69) is 12.2 Å². The zero-order valence-corrected chi connectivity index (χ0v) is 15.6. The van der Waals surface area contributed by atoms with Gasteiger partial charge in [-0.05, 0) is 42.5 Å². The molecule has 0 fully saturated rings. The molecule has 3 rings (SSSR count). The summed E-state index contributed by atoms with van der Waals surface area (Å²) in [4.78, 5) is 24.9. The van der Waals surface area contributed by atoms with Crippen molar-refractivity contribution in [2.24, 2.45) is 0 Å². The first kappa shape index (κ1) is 18.2. The van der Waals surface area contributed by atoms with E-state index in [9.17, 15) is 9.59 Å². The molecule has 1 unspecified atom stereocenters. The summed E-state index contributed by atoms with van der Waals surface area (Å²) in [6.07, 6.45) is 1.75. The minimum atomic E-state index is -0.374. The topological polar surface area (TPSA) is 68.5 Å². The van der Waals surface area contributed by atoms with Gasteiger partial charge in [0.25, 0.3) is 5.91 Å². The van der Waals surface area contributed by atoms with Crippen LogP contribution in [0.5, 0.6) is 5.75 Å². The van der Waals surface area contributed by atoms with Gasteiger partial charge in [-0.2, -0.15) is 0 Å². The number of rotatable bonds is 7. The summed E-state index contributed by atoms with van der Waals surface area (Å²) in [6, 6.07) is 10.7. The Hall–Kier alpha value is -2.60. The van der Waals surface area contributed by atoms with Crippen molar-refractivity contribution in [3.8, 4) is 5.75 Å². The van der Waals surface area contributed by atoms with Crippen molar-refractivity contribution < 1.29 is 13.9 Å². The van der Waals surface area contributed by atoms with Crippen LogP contribution in [0.2, 0.25) is 0 Å². The number of amides is 1. The molecule has 0 spiro atoms. The Kier molecular flexibility index (Phi) is 5.73. The molecule has 6 heteroatoms. The van der Waals surface area contributed by atoms with E-state index in [0.29, 0.717) is 11.3 Å². The lowest BCUT2D eigenvalue weighted by Gasteiger charge is -2.13. The summed E-state index contributed by atoms with van der Waals surface area (Å²) in [5.41, 5.74) is 1.07. The molecule has 1 amide bonds. The smallest absolute Gasteiger partial charge is 0.336 e. The first-order valence-electron chi connectivity index (χ1n) is 8.59. The molecule has 0 aliphatic heterocycles. The van der Waals surface area contributed by atoms with Crippen molar-refractivity contribution in [3.05, 3.63) is 62.6 Å². The number of hydrogen-bond donors (Lipinski definition) is 1. The van der Waals surface area contributed by atoms with Gasteiger partial charge >= 0.3 is 5.63 Å². The number of aryl methyl sites for hydroxylation is 1. The Balaban J connectivity index is 1.67. The maximum atomic E-state index is 12.1. The van der Waals surface area contributed by atoms with Gasteiger partial charge in [-0.1, -0.05) is 19.4 Å². The highest BCUT2D eigenvalue weighted by Gasteiger charge is 2.12. The van der Waals surface area contributed by atoms with Gasteiger partial charge in [0, 0.05) is 22.4 Å². The Morgan fingerprint density at radius 1 is 1.31 bits per heavy atom.